The van der Waals surface area contributed by atoms with Crippen LogP contribution in [0, 0.1) is 0 Å². The predicted molar refractivity (Wildman–Crippen MR) is 67.2 cm³/mol. The first kappa shape index (κ1) is 11.8. The third kappa shape index (κ3) is 2.52. The zero-order valence-electron chi connectivity index (χ0n) is 9.47. The number of hydrogen-bond donors (Lipinski definition) is 1. The van der Waals surface area contributed by atoms with Crippen LogP contribution in [-0.2, 0) is 11.3 Å². The smallest absolute Gasteiger partial charge is 0.285 e. The van der Waals surface area contributed by atoms with Crippen LogP contribution in [0.4, 0.5) is 0 Å². The van der Waals surface area contributed by atoms with Crippen LogP contribution in [0.25, 0.3) is 10.1 Å². The number of amides is 1. The zero-order chi connectivity index (χ0) is 12.3. The molecule has 2 aromatic heterocycles. The second kappa shape index (κ2) is 5.09. The minimum absolute atomic E-state index is 0.0212. The molecule has 0 fully saturated rings. The highest BCUT2D eigenvalue weighted by atomic mass is 32.1. The largest absolute Gasteiger partial charge is 0.355 e. The molecule has 0 aliphatic heterocycles. The highest BCUT2D eigenvalue weighted by molar-refractivity contribution is 7.17. The summed E-state index contributed by atoms with van der Waals surface area (Å²) in [5, 5.41) is 9.36. The van der Waals surface area contributed by atoms with Crippen molar-refractivity contribution in [2.24, 2.45) is 0 Å². The van der Waals surface area contributed by atoms with Crippen LogP contribution >= 0.6 is 11.3 Å². The van der Waals surface area contributed by atoms with Crippen molar-refractivity contribution in [2.45, 2.75) is 19.9 Å². The maximum Gasteiger partial charge on any atom is 0.285 e. The van der Waals surface area contributed by atoms with Crippen molar-refractivity contribution in [2.75, 3.05) is 6.54 Å². The van der Waals surface area contributed by atoms with Gasteiger partial charge in [-0.1, -0.05) is 6.92 Å². The average molecular weight is 251 g/mol. The number of rotatable bonds is 4. The van der Waals surface area contributed by atoms with Crippen molar-refractivity contribution < 1.29 is 4.79 Å². The molecule has 6 heteroatoms. The molecular formula is C11H13N3O2S. The number of aromatic nitrogens is 2. The SMILES string of the molecule is CCCNC(=O)Cn1ncc2ccsc2c1=O. The third-order valence-electron chi connectivity index (χ3n) is 2.33. The van der Waals surface area contributed by atoms with E-state index in [2.05, 4.69) is 10.4 Å². The van der Waals surface area contributed by atoms with Crippen LogP contribution in [0.5, 0.6) is 0 Å². The topological polar surface area (TPSA) is 64.0 Å². The van der Waals surface area contributed by atoms with Gasteiger partial charge in [0.15, 0.2) is 0 Å². The summed E-state index contributed by atoms with van der Waals surface area (Å²) in [7, 11) is 0. The van der Waals surface area contributed by atoms with Gasteiger partial charge < -0.3 is 5.32 Å². The van der Waals surface area contributed by atoms with Crippen molar-refractivity contribution in [3.8, 4) is 0 Å². The Kier molecular flexibility index (Phi) is 3.53. The Labute approximate surface area is 102 Å². The summed E-state index contributed by atoms with van der Waals surface area (Å²) in [6, 6.07) is 1.84. The van der Waals surface area contributed by atoms with Crippen LogP contribution in [0.3, 0.4) is 0 Å². The van der Waals surface area contributed by atoms with Gasteiger partial charge in [-0.05, 0) is 17.9 Å². The molecule has 2 rings (SSSR count). The first-order valence-electron chi connectivity index (χ1n) is 5.42. The summed E-state index contributed by atoms with van der Waals surface area (Å²) in [6.07, 6.45) is 2.48. The summed E-state index contributed by atoms with van der Waals surface area (Å²) >= 11 is 1.37. The van der Waals surface area contributed by atoms with Crippen LogP contribution in [0.2, 0.25) is 0 Å². The monoisotopic (exact) mass is 251 g/mol. The van der Waals surface area contributed by atoms with E-state index in [1.165, 1.54) is 16.0 Å². The fourth-order valence-corrected chi connectivity index (χ4v) is 2.28. The molecule has 0 aromatic carbocycles. The normalized spacial score (nSPS) is 10.6. The molecule has 0 aliphatic rings. The van der Waals surface area contributed by atoms with Gasteiger partial charge in [-0.2, -0.15) is 5.10 Å². The summed E-state index contributed by atoms with van der Waals surface area (Å²) in [6.45, 7) is 2.57. The second-order valence-corrected chi connectivity index (χ2v) is 4.58. The summed E-state index contributed by atoms with van der Waals surface area (Å²) < 4.78 is 1.84. The number of nitrogens with one attached hydrogen (secondary N) is 1. The number of fused-ring (bicyclic) bond motifs is 1. The Morgan fingerprint density at radius 2 is 2.41 bits per heavy atom. The Hall–Kier alpha value is -1.69. The second-order valence-electron chi connectivity index (χ2n) is 3.66. The average Bonchev–Trinajstić information content (AvgIpc) is 2.79. The molecule has 0 unspecified atom stereocenters. The molecule has 1 N–H and O–H groups in total. The number of thiophene rings is 1. The van der Waals surface area contributed by atoms with E-state index < -0.39 is 0 Å². The van der Waals surface area contributed by atoms with Crippen LogP contribution < -0.4 is 10.9 Å². The van der Waals surface area contributed by atoms with Crippen LogP contribution in [0.1, 0.15) is 13.3 Å². The lowest BCUT2D eigenvalue weighted by atomic mass is 10.4. The zero-order valence-corrected chi connectivity index (χ0v) is 10.3. The molecule has 17 heavy (non-hydrogen) atoms. The number of nitrogens with zero attached hydrogens (tertiary/aromatic N) is 2. The van der Waals surface area contributed by atoms with E-state index in [0.29, 0.717) is 11.2 Å². The lowest BCUT2D eigenvalue weighted by Gasteiger charge is -2.05. The van der Waals surface area contributed by atoms with Gasteiger partial charge in [0.1, 0.15) is 11.2 Å². The van der Waals surface area contributed by atoms with Crippen molar-refractivity contribution in [3.63, 3.8) is 0 Å². The quantitative estimate of drug-likeness (QED) is 0.881. The van der Waals surface area contributed by atoms with Gasteiger partial charge in [0.05, 0.1) is 6.20 Å². The Balaban J connectivity index is 2.21. The van der Waals surface area contributed by atoms with E-state index in [-0.39, 0.29) is 18.0 Å². The molecule has 0 radical (unpaired) electrons. The van der Waals surface area contributed by atoms with Crippen molar-refractivity contribution in [1.29, 1.82) is 0 Å². The van der Waals surface area contributed by atoms with Gasteiger partial charge in [-0.3, -0.25) is 9.59 Å². The first-order chi connectivity index (χ1) is 8.22. The fourth-order valence-electron chi connectivity index (χ4n) is 1.47. The molecule has 2 aromatic rings. The number of carbonyl (C=O) groups excluding carboxylic acids is 1. The van der Waals surface area contributed by atoms with E-state index in [4.69, 9.17) is 0 Å². The standard InChI is InChI=1S/C11H13N3O2S/c1-2-4-12-9(15)7-14-11(16)10-8(6-13-14)3-5-17-10/h3,5-6H,2,4,7H2,1H3,(H,12,15). The van der Waals surface area contributed by atoms with Gasteiger partial charge >= 0.3 is 0 Å². The Bertz CT molecular complexity index is 588. The molecule has 0 spiro atoms. The summed E-state index contributed by atoms with van der Waals surface area (Å²) in [4.78, 5) is 23.4. The van der Waals surface area contributed by atoms with E-state index in [0.717, 1.165) is 11.8 Å². The molecule has 0 saturated carbocycles. The van der Waals surface area contributed by atoms with Gasteiger partial charge in [0.2, 0.25) is 5.91 Å². The van der Waals surface area contributed by atoms with E-state index >= 15 is 0 Å². The van der Waals surface area contributed by atoms with Gasteiger partial charge in [0.25, 0.3) is 5.56 Å². The summed E-state index contributed by atoms with van der Waals surface area (Å²) in [5.41, 5.74) is -0.204. The van der Waals surface area contributed by atoms with E-state index in [1.807, 2.05) is 18.4 Å². The molecule has 90 valence electrons. The molecule has 0 aliphatic carbocycles. The maximum atomic E-state index is 11.9. The van der Waals surface area contributed by atoms with Crippen molar-refractivity contribution >= 4 is 27.3 Å². The lowest BCUT2D eigenvalue weighted by molar-refractivity contribution is -0.121. The molecule has 0 bridgehead atoms. The van der Waals surface area contributed by atoms with E-state index in [9.17, 15) is 9.59 Å². The minimum atomic E-state index is -0.204. The van der Waals surface area contributed by atoms with Gasteiger partial charge in [0, 0.05) is 11.9 Å². The predicted octanol–water partition coefficient (Wildman–Crippen LogP) is 0.984. The number of hydrogen-bond acceptors (Lipinski definition) is 4. The fraction of sp³-hybridized carbons (Fsp3) is 0.364. The van der Waals surface area contributed by atoms with Crippen molar-refractivity contribution in [3.05, 3.63) is 28.0 Å². The van der Waals surface area contributed by atoms with Crippen LogP contribution in [0.15, 0.2) is 22.4 Å². The highest BCUT2D eigenvalue weighted by Gasteiger charge is 2.08. The Morgan fingerprint density at radius 3 is 3.18 bits per heavy atom. The van der Waals surface area contributed by atoms with Gasteiger partial charge in [-0.15, -0.1) is 11.3 Å². The lowest BCUT2D eigenvalue weighted by Crippen LogP contribution is -2.33. The van der Waals surface area contributed by atoms with E-state index in [1.54, 1.807) is 6.20 Å². The molecule has 1 amide bonds. The molecular weight excluding hydrogens is 238 g/mol. The minimum Gasteiger partial charge on any atom is -0.355 e. The summed E-state index contributed by atoms with van der Waals surface area (Å²) in [5.74, 6) is -0.183. The molecule has 2 heterocycles. The first-order valence-corrected chi connectivity index (χ1v) is 6.30. The van der Waals surface area contributed by atoms with Crippen molar-refractivity contribution in [1.82, 2.24) is 15.1 Å². The molecule has 0 saturated heterocycles. The molecule has 0 atom stereocenters. The maximum absolute atomic E-state index is 11.9. The molecule has 5 nitrogen and oxygen atoms in total. The number of carbonyl (C=O) groups is 1. The Morgan fingerprint density at radius 1 is 1.59 bits per heavy atom. The van der Waals surface area contributed by atoms with Crippen LogP contribution in [-0.4, -0.2) is 22.2 Å². The van der Waals surface area contributed by atoms with Gasteiger partial charge in [-0.25, -0.2) is 4.68 Å². The highest BCUT2D eigenvalue weighted by Crippen LogP contribution is 2.14. The third-order valence-corrected chi connectivity index (χ3v) is 3.24.